The van der Waals surface area contributed by atoms with Gasteiger partial charge in [0.1, 0.15) is 0 Å². The third-order valence-electron chi connectivity index (χ3n) is 12.1. The van der Waals surface area contributed by atoms with Gasteiger partial charge in [0, 0.05) is 48.0 Å². The van der Waals surface area contributed by atoms with Crippen molar-refractivity contribution in [3.63, 3.8) is 0 Å². The van der Waals surface area contributed by atoms with Crippen LogP contribution in [0.1, 0.15) is 22.3 Å². The first kappa shape index (κ1) is 34.2. The van der Waals surface area contributed by atoms with E-state index in [0.717, 1.165) is 28.4 Å². The SMILES string of the molecule is c1ccc(N(c2ccc3c(c2)-c2ccccc2C32c3ccccc3Sc3ccccc32)c2cccc3c2sc2cccc(N(c4ccccc4)c4ccccc4)c23)cc1. The average molecular weight is 789 g/mol. The number of anilines is 6. The van der Waals surface area contributed by atoms with Crippen LogP contribution in [0.25, 0.3) is 31.3 Å². The summed E-state index contributed by atoms with van der Waals surface area (Å²) in [4.78, 5) is 7.50. The molecule has 0 fully saturated rings. The highest BCUT2D eigenvalue weighted by atomic mass is 32.2. The standard InChI is InChI=1S/C55H36N2S2/c1-4-18-37(19-5-1)56(38-20-6-2-7-21-38)48-29-17-33-52-53(48)42-25-16-30-49(54(42)59-52)57(39-22-8-3-9-23-39)40-34-35-45-43(36-40)41-24-10-11-26-44(41)55(45)46-27-12-14-31-50(46)58-51-32-15-13-28-47(51)55/h1-36H. The second-order valence-corrected chi connectivity index (χ2v) is 17.3. The third-order valence-corrected chi connectivity index (χ3v) is 14.4. The summed E-state index contributed by atoms with van der Waals surface area (Å²) in [5, 5.41) is 2.50. The van der Waals surface area contributed by atoms with E-state index in [0.29, 0.717) is 0 Å². The van der Waals surface area contributed by atoms with E-state index in [-0.39, 0.29) is 0 Å². The zero-order valence-corrected chi connectivity index (χ0v) is 33.6. The lowest BCUT2D eigenvalue weighted by atomic mass is 9.67. The molecule has 1 aliphatic carbocycles. The zero-order chi connectivity index (χ0) is 38.9. The molecule has 1 aliphatic heterocycles. The molecule has 1 spiro atoms. The van der Waals surface area contributed by atoms with Crippen molar-refractivity contribution in [1.82, 2.24) is 0 Å². The van der Waals surface area contributed by atoms with Crippen LogP contribution in [-0.2, 0) is 5.41 Å². The van der Waals surface area contributed by atoms with Crippen molar-refractivity contribution < 1.29 is 0 Å². The minimum absolute atomic E-state index is 0.411. The van der Waals surface area contributed by atoms with Gasteiger partial charge in [0.15, 0.2) is 0 Å². The molecule has 9 aromatic carbocycles. The van der Waals surface area contributed by atoms with E-state index in [4.69, 9.17) is 0 Å². The summed E-state index contributed by atoms with van der Waals surface area (Å²) < 4.78 is 2.51. The lowest BCUT2D eigenvalue weighted by Crippen LogP contribution is -2.31. The minimum Gasteiger partial charge on any atom is -0.310 e. The van der Waals surface area contributed by atoms with Gasteiger partial charge >= 0.3 is 0 Å². The Morgan fingerprint density at radius 1 is 0.356 bits per heavy atom. The van der Waals surface area contributed by atoms with E-state index in [1.54, 1.807) is 0 Å². The molecule has 2 aliphatic rings. The smallest absolute Gasteiger partial charge is 0.0735 e. The van der Waals surface area contributed by atoms with Crippen LogP contribution in [0.15, 0.2) is 228 Å². The van der Waals surface area contributed by atoms with E-state index in [9.17, 15) is 0 Å². The Morgan fingerprint density at radius 3 is 1.51 bits per heavy atom. The van der Waals surface area contributed by atoms with Gasteiger partial charge < -0.3 is 9.80 Å². The maximum atomic E-state index is 2.47. The normalized spacial score (nSPS) is 13.2. The Balaban J connectivity index is 1.09. The highest BCUT2D eigenvalue weighted by molar-refractivity contribution is 7.99. The van der Waals surface area contributed by atoms with Crippen molar-refractivity contribution in [1.29, 1.82) is 0 Å². The predicted octanol–water partition coefficient (Wildman–Crippen LogP) is 15.8. The van der Waals surface area contributed by atoms with Gasteiger partial charge in [-0.05, 0) is 112 Å². The number of para-hydroxylation sites is 3. The van der Waals surface area contributed by atoms with Gasteiger partial charge in [0.05, 0.1) is 21.5 Å². The average Bonchev–Trinajstić information content (AvgIpc) is 3.83. The highest BCUT2D eigenvalue weighted by Gasteiger charge is 2.50. The molecule has 2 nitrogen and oxygen atoms in total. The van der Waals surface area contributed by atoms with Crippen LogP contribution in [-0.4, -0.2) is 0 Å². The molecule has 0 bridgehead atoms. The Hall–Kier alpha value is -6.85. The molecule has 0 atom stereocenters. The Bertz CT molecular complexity index is 3120. The zero-order valence-electron chi connectivity index (χ0n) is 32.0. The molecule has 0 amide bonds. The molecule has 0 radical (unpaired) electrons. The summed E-state index contributed by atoms with van der Waals surface area (Å²) in [6.45, 7) is 0. The van der Waals surface area contributed by atoms with Gasteiger partial charge in [0.25, 0.3) is 0 Å². The summed E-state index contributed by atoms with van der Waals surface area (Å²) in [5.74, 6) is 0. The topological polar surface area (TPSA) is 6.48 Å². The molecular formula is C55H36N2S2. The van der Waals surface area contributed by atoms with Gasteiger partial charge in [-0.25, -0.2) is 0 Å². The maximum absolute atomic E-state index is 2.47. The summed E-state index contributed by atoms with van der Waals surface area (Å²) >= 11 is 3.76. The van der Waals surface area contributed by atoms with Gasteiger partial charge in [0.2, 0.25) is 0 Å². The maximum Gasteiger partial charge on any atom is 0.0735 e. The largest absolute Gasteiger partial charge is 0.310 e. The van der Waals surface area contributed by atoms with Gasteiger partial charge in [-0.3, -0.25) is 0 Å². The van der Waals surface area contributed by atoms with Crippen LogP contribution in [0.4, 0.5) is 34.1 Å². The van der Waals surface area contributed by atoms with Gasteiger partial charge in [-0.15, -0.1) is 11.3 Å². The van der Waals surface area contributed by atoms with E-state index in [2.05, 4.69) is 228 Å². The van der Waals surface area contributed by atoms with Crippen LogP contribution in [0, 0.1) is 0 Å². The fourth-order valence-corrected chi connectivity index (χ4v) is 12.2. The molecule has 0 N–H and O–H groups in total. The monoisotopic (exact) mass is 788 g/mol. The second-order valence-electron chi connectivity index (χ2n) is 15.2. The quantitative estimate of drug-likeness (QED) is 0.166. The lowest BCUT2D eigenvalue weighted by molar-refractivity contribution is 0.722. The van der Waals surface area contributed by atoms with E-state index >= 15 is 0 Å². The highest BCUT2D eigenvalue weighted by Crippen LogP contribution is 2.63. The van der Waals surface area contributed by atoms with Crippen LogP contribution in [0.3, 0.4) is 0 Å². The first-order valence-electron chi connectivity index (χ1n) is 20.1. The Kier molecular flexibility index (Phi) is 7.90. The number of thiophene rings is 1. The molecule has 4 heteroatoms. The fraction of sp³-hybridized carbons (Fsp3) is 0.0182. The van der Waals surface area contributed by atoms with Crippen molar-refractivity contribution in [2.45, 2.75) is 15.2 Å². The predicted molar refractivity (Wildman–Crippen MR) is 250 cm³/mol. The Labute approximate surface area is 352 Å². The molecule has 0 saturated carbocycles. The summed E-state index contributed by atoms with van der Waals surface area (Å²) in [6, 6.07) is 80.2. The number of benzene rings is 9. The molecule has 10 aromatic rings. The minimum atomic E-state index is -0.411. The number of hydrogen-bond acceptors (Lipinski definition) is 4. The first-order chi connectivity index (χ1) is 29.3. The van der Waals surface area contributed by atoms with Gasteiger partial charge in [-0.2, -0.15) is 0 Å². The molecule has 12 rings (SSSR count). The van der Waals surface area contributed by atoms with Gasteiger partial charge in [-0.1, -0.05) is 151 Å². The summed E-state index contributed by atoms with van der Waals surface area (Å²) in [6.07, 6.45) is 0. The van der Waals surface area contributed by atoms with Crippen LogP contribution in [0.5, 0.6) is 0 Å². The van der Waals surface area contributed by atoms with Crippen molar-refractivity contribution in [2.24, 2.45) is 0 Å². The number of fused-ring (bicyclic) bond motifs is 12. The first-order valence-corrected chi connectivity index (χ1v) is 21.7. The van der Waals surface area contributed by atoms with E-state index in [1.165, 1.54) is 69.0 Å². The van der Waals surface area contributed by atoms with Crippen molar-refractivity contribution >= 4 is 77.4 Å². The molecular weight excluding hydrogens is 753 g/mol. The molecule has 2 heterocycles. The van der Waals surface area contributed by atoms with Crippen LogP contribution in [0.2, 0.25) is 0 Å². The molecule has 0 unspecified atom stereocenters. The lowest BCUT2D eigenvalue weighted by Gasteiger charge is -2.39. The Morgan fingerprint density at radius 2 is 0.864 bits per heavy atom. The van der Waals surface area contributed by atoms with Crippen LogP contribution < -0.4 is 9.80 Å². The second kappa shape index (κ2) is 13.6. The van der Waals surface area contributed by atoms with Crippen molar-refractivity contribution in [3.8, 4) is 11.1 Å². The summed E-state index contributed by atoms with van der Waals surface area (Å²) in [5.41, 5.74) is 14.4. The number of hydrogen-bond donors (Lipinski definition) is 0. The van der Waals surface area contributed by atoms with E-state index in [1.807, 2.05) is 23.1 Å². The molecule has 59 heavy (non-hydrogen) atoms. The molecule has 0 saturated heterocycles. The fourth-order valence-electron chi connectivity index (χ4n) is 9.75. The molecule has 278 valence electrons. The van der Waals surface area contributed by atoms with Crippen molar-refractivity contribution in [2.75, 3.05) is 9.80 Å². The summed E-state index contributed by atoms with van der Waals surface area (Å²) in [7, 11) is 0. The molecule has 1 aromatic heterocycles. The van der Waals surface area contributed by atoms with E-state index < -0.39 is 5.41 Å². The number of nitrogens with zero attached hydrogens (tertiary/aromatic N) is 2. The number of rotatable bonds is 6. The van der Waals surface area contributed by atoms with Crippen LogP contribution >= 0.6 is 23.1 Å². The van der Waals surface area contributed by atoms with Crippen molar-refractivity contribution in [3.05, 3.63) is 241 Å². The third kappa shape index (κ3) is 5.13.